The van der Waals surface area contributed by atoms with Crippen molar-refractivity contribution in [3.05, 3.63) is 64.7 Å². The van der Waals surface area contributed by atoms with Crippen molar-refractivity contribution < 1.29 is 31.1 Å². The molecular weight excluding hydrogens is 348 g/mol. The SMILES string of the molecule is CN(C)c1ccc(C(=O)c2cc(C(F)(F)F)cc(C(F)(F)F)c2)cc1. The maximum absolute atomic E-state index is 12.9. The topological polar surface area (TPSA) is 20.3 Å². The Bertz CT molecular complexity index is 743. The summed E-state index contributed by atoms with van der Waals surface area (Å²) in [6.07, 6.45) is -9.99. The molecule has 2 aromatic carbocycles. The van der Waals surface area contributed by atoms with E-state index in [0.717, 1.165) is 5.69 Å². The average molecular weight is 361 g/mol. The number of hydrogen-bond donors (Lipinski definition) is 0. The van der Waals surface area contributed by atoms with E-state index in [9.17, 15) is 31.1 Å². The van der Waals surface area contributed by atoms with Crippen LogP contribution in [0.4, 0.5) is 32.0 Å². The van der Waals surface area contributed by atoms with Crippen LogP contribution in [-0.4, -0.2) is 19.9 Å². The number of hydrogen-bond acceptors (Lipinski definition) is 2. The Morgan fingerprint density at radius 1 is 0.760 bits per heavy atom. The fourth-order valence-electron chi connectivity index (χ4n) is 2.16. The molecule has 0 spiro atoms. The first-order valence-electron chi connectivity index (χ1n) is 7.01. The van der Waals surface area contributed by atoms with Crippen LogP contribution in [0.2, 0.25) is 0 Å². The second kappa shape index (κ2) is 6.42. The Morgan fingerprint density at radius 3 is 1.56 bits per heavy atom. The van der Waals surface area contributed by atoms with Gasteiger partial charge in [0.25, 0.3) is 0 Å². The van der Waals surface area contributed by atoms with Gasteiger partial charge >= 0.3 is 12.4 Å². The summed E-state index contributed by atoms with van der Waals surface area (Å²) in [6.45, 7) is 0. The van der Waals surface area contributed by atoms with Gasteiger partial charge in [-0.25, -0.2) is 0 Å². The number of carbonyl (C=O) groups excluding carboxylic acids is 1. The first-order valence-corrected chi connectivity index (χ1v) is 7.01. The quantitative estimate of drug-likeness (QED) is 0.565. The molecular formula is C17H13F6NO. The second-order valence-electron chi connectivity index (χ2n) is 5.56. The fourth-order valence-corrected chi connectivity index (χ4v) is 2.16. The molecule has 0 atom stereocenters. The number of benzene rings is 2. The van der Waals surface area contributed by atoms with Gasteiger partial charge < -0.3 is 4.90 Å². The van der Waals surface area contributed by atoms with E-state index in [0.29, 0.717) is 12.1 Å². The first-order chi connectivity index (χ1) is 11.4. The monoisotopic (exact) mass is 361 g/mol. The van der Waals surface area contributed by atoms with Crippen LogP contribution in [0.5, 0.6) is 0 Å². The molecule has 0 fully saturated rings. The predicted octanol–water partition coefficient (Wildman–Crippen LogP) is 5.02. The molecule has 0 aromatic heterocycles. The summed E-state index contributed by atoms with van der Waals surface area (Å²) in [4.78, 5) is 14.1. The average Bonchev–Trinajstić information content (AvgIpc) is 2.52. The van der Waals surface area contributed by atoms with Crippen molar-refractivity contribution in [3.8, 4) is 0 Å². The first kappa shape index (κ1) is 18.8. The van der Waals surface area contributed by atoms with E-state index < -0.39 is 34.8 Å². The summed E-state index contributed by atoms with van der Waals surface area (Å²) < 4.78 is 77.2. The van der Waals surface area contributed by atoms with Crippen molar-refractivity contribution in [2.45, 2.75) is 12.4 Å². The van der Waals surface area contributed by atoms with Crippen LogP contribution >= 0.6 is 0 Å². The van der Waals surface area contributed by atoms with Gasteiger partial charge in [0, 0.05) is 30.9 Å². The number of anilines is 1. The van der Waals surface area contributed by atoms with Crippen LogP contribution < -0.4 is 4.90 Å². The van der Waals surface area contributed by atoms with E-state index in [1.54, 1.807) is 31.1 Å². The van der Waals surface area contributed by atoms with Crippen LogP contribution in [0, 0.1) is 0 Å². The van der Waals surface area contributed by atoms with E-state index in [-0.39, 0.29) is 11.6 Å². The number of rotatable bonds is 3. The third-order valence-corrected chi connectivity index (χ3v) is 3.50. The molecule has 0 bridgehead atoms. The van der Waals surface area contributed by atoms with Crippen LogP contribution in [0.15, 0.2) is 42.5 Å². The van der Waals surface area contributed by atoms with E-state index in [1.807, 2.05) is 0 Å². The molecule has 0 aliphatic heterocycles. The third kappa shape index (κ3) is 4.32. The van der Waals surface area contributed by atoms with E-state index >= 15 is 0 Å². The zero-order valence-electron chi connectivity index (χ0n) is 13.2. The molecule has 0 heterocycles. The number of ketones is 1. The highest BCUT2D eigenvalue weighted by molar-refractivity contribution is 6.09. The fraction of sp³-hybridized carbons (Fsp3) is 0.235. The maximum Gasteiger partial charge on any atom is 0.416 e. The second-order valence-corrected chi connectivity index (χ2v) is 5.56. The van der Waals surface area contributed by atoms with E-state index in [2.05, 4.69) is 0 Å². The van der Waals surface area contributed by atoms with Crippen molar-refractivity contribution >= 4 is 11.5 Å². The van der Waals surface area contributed by atoms with Gasteiger partial charge in [-0.2, -0.15) is 26.3 Å². The third-order valence-electron chi connectivity index (χ3n) is 3.50. The van der Waals surface area contributed by atoms with Gasteiger partial charge in [0.2, 0.25) is 0 Å². The summed E-state index contributed by atoms with van der Waals surface area (Å²) >= 11 is 0. The molecule has 134 valence electrons. The van der Waals surface area contributed by atoms with Gasteiger partial charge in [-0.05, 0) is 42.5 Å². The Morgan fingerprint density at radius 2 is 1.20 bits per heavy atom. The minimum atomic E-state index is -4.99. The molecule has 8 heteroatoms. The highest BCUT2D eigenvalue weighted by Crippen LogP contribution is 2.36. The smallest absolute Gasteiger partial charge is 0.378 e. The number of carbonyl (C=O) groups is 1. The molecule has 25 heavy (non-hydrogen) atoms. The van der Waals surface area contributed by atoms with Gasteiger partial charge in [-0.3, -0.25) is 4.79 Å². The van der Waals surface area contributed by atoms with Gasteiger partial charge in [-0.15, -0.1) is 0 Å². The lowest BCUT2D eigenvalue weighted by molar-refractivity contribution is -0.143. The summed E-state index contributed by atoms with van der Waals surface area (Å²) in [5.41, 5.74) is -2.97. The summed E-state index contributed by atoms with van der Waals surface area (Å²) in [5.74, 6) is -0.915. The van der Waals surface area contributed by atoms with E-state index in [1.165, 1.54) is 12.1 Å². The summed E-state index contributed by atoms with van der Waals surface area (Å²) in [7, 11) is 3.50. The minimum absolute atomic E-state index is 0.00181. The molecule has 0 aliphatic carbocycles. The van der Waals surface area contributed by atoms with Crippen molar-refractivity contribution in [3.63, 3.8) is 0 Å². The number of nitrogens with zero attached hydrogens (tertiary/aromatic N) is 1. The van der Waals surface area contributed by atoms with Gasteiger partial charge in [-0.1, -0.05) is 0 Å². The Labute approximate surface area is 139 Å². The van der Waals surface area contributed by atoms with Gasteiger partial charge in [0.1, 0.15) is 0 Å². The maximum atomic E-state index is 12.9. The molecule has 0 unspecified atom stereocenters. The van der Waals surface area contributed by atoms with Crippen molar-refractivity contribution in [1.82, 2.24) is 0 Å². The Kier molecular flexibility index (Phi) is 4.83. The van der Waals surface area contributed by atoms with Gasteiger partial charge in [0.15, 0.2) is 5.78 Å². The van der Waals surface area contributed by atoms with Crippen LogP contribution in [0.25, 0.3) is 0 Å². The van der Waals surface area contributed by atoms with Crippen LogP contribution in [0.1, 0.15) is 27.0 Å². The molecule has 0 amide bonds. The lowest BCUT2D eigenvalue weighted by Gasteiger charge is -2.15. The summed E-state index contributed by atoms with van der Waals surface area (Å²) in [5, 5.41) is 0. The van der Waals surface area contributed by atoms with Crippen molar-refractivity contribution in [2.75, 3.05) is 19.0 Å². The zero-order valence-corrected chi connectivity index (χ0v) is 13.2. The standard InChI is InChI=1S/C17H13F6NO/c1-24(2)14-5-3-10(4-6-14)15(25)11-7-12(16(18,19)20)9-13(8-11)17(21,22)23/h3-9H,1-2H3. The van der Waals surface area contributed by atoms with Gasteiger partial charge in [0.05, 0.1) is 11.1 Å². The molecule has 2 aromatic rings. The molecule has 2 rings (SSSR count). The molecule has 0 saturated carbocycles. The van der Waals surface area contributed by atoms with E-state index in [4.69, 9.17) is 0 Å². The molecule has 0 aliphatic rings. The molecule has 0 radical (unpaired) electrons. The minimum Gasteiger partial charge on any atom is -0.378 e. The highest BCUT2D eigenvalue weighted by Gasteiger charge is 2.37. The van der Waals surface area contributed by atoms with Crippen molar-refractivity contribution in [2.24, 2.45) is 0 Å². The Balaban J connectivity index is 2.51. The van der Waals surface area contributed by atoms with Crippen molar-refractivity contribution in [1.29, 1.82) is 0 Å². The number of halogens is 6. The molecule has 0 N–H and O–H groups in total. The van der Waals surface area contributed by atoms with Crippen LogP contribution in [-0.2, 0) is 12.4 Å². The normalized spacial score (nSPS) is 12.2. The van der Waals surface area contributed by atoms with Crippen LogP contribution in [0.3, 0.4) is 0 Å². The Hall–Kier alpha value is -2.51. The lowest BCUT2D eigenvalue weighted by atomic mass is 9.98. The molecule has 2 nitrogen and oxygen atoms in total. The number of alkyl halides is 6. The highest BCUT2D eigenvalue weighted by atomic mass is 19.4. The molecule has 0 saturated heterocycles. The lowest BCUT2D eigenvalue weighted by Crippen LogP contribution is -2.14. The largest absolute Gasteiger partial charge is 0.416 e. The predicted molar refractivity (Wildman–Crippen MR) is 80.6 cm³/mol. The summed E-state index contributed by atoms with van der Waals surface area (Å²) in [6, 6.07) is 6.65. The zero-order chi connectivity index (χ0) is 19.0.